The van der Waals surface area contributed by atoms with Crippen molar-refractivity contribution in [3.8, 4) is 0 Å². The van der Waals surface area contributed by atoms with Gasteiger partial charge in [-0.25, -0.2) is 4.98 Å². The molecule has 0 radical (unpaired) electrons. The van der Waals surface area contributed by atoms with Crippen molar-refractivity contribution >= 4 is 40.0 Å². The Hall–Kier alpha value is -2.58. The molecule has 3 aromatic rings. The Morgan fingerprint density at radius 1 is 1.31 bits per heavy atom. The van der Waals surface area contributed by atoms with E-state index in [1.165, 1.54) is 4.79 Å². The summed E-state index contributed by atoms with van der Waals surface area (Å²) in [6.45, 7) is 4.89. The molecular weight excluding hydrogens is 352 g/mol. The number of hydrogen-bond acceptors (Lipinski definition) is 7. The van der Waals surface area contributed by atoms with E-state index in [2.05, 4.69) is 37.5 Å². The van der Waals surface area contributed by atoms with E-state index in [0.717, 1.165) is 42.6 Å². The Bertz CT molecular complexity index is 924. The van der Waals surface area contributed by atoms with Crippen LogP contribution in [0.5, 0.6) is 0 Å². The van der Waals surface area contributed by atoms with Gasteiger partial charge >= 0.3 is 0 Å². The fourth-order valence-corrected chi connectivity index (χ4v) is 3.21. The van der Waals surface area contributed by atoms with Crippen LogP contribution in [-0.4, -0.2) is 45.5 Å². The molecule has 1 unspecified atom stereocenters. The van der Waals surface area contributed by atoms with Crippen LogP contribution >= 0.6 is 11.6 Å². The molecule has 0 aliphatic carbocycles. The summed E-state index contributed by atoms with van der Waals surface area (Å²) >= 11 is 6.31. The van der Waals surface area contributed by atoms with Crippen molar-refractivity contribution in [2.45, 2.75) is 19.4 Å². The summed E-state index contributed by atoms with van der Waals surface area (Å²) in [7, 11) is 0. The minimum atomic E-state index is 0.477. The van der Waals surface area contributed by atoms with Crippen LogP contribution in [0, 0.1) is 0 Å². The third-order valence-electron chi connectivity index (χ3n) is 4.58. The maximum atomic E-state index is 6.31. The van der Waals surface area contributed by atoms with Crippen molar-refractivity contribution in [2.75, 3.05) is 35.7 Å². The van der Waals surface area contributed by atoms with E-state index in [1.807, 2.05) is 18.2 Å². The standard InChI is InChI=1S/C17H21ClN8/c1-11-4-6-25(7-5-20-11)17-21-10-14(18)16(24-17)23-13-2-3-15-12(8-13)9-22-26(15)19/h2-3,8-11,20H,4-7,19H2,1H3,(H,21,23,24). The van der Waals surface area contributed by atoms with Crippen LogP contribution in [0.3, 0.4) is 0 Å². The number of aromatic nitrogens is 4. The number of nitrogens with zero attached hydrogens (tertiary/aromatic N) is 5. The van der Waals surface area contributed by atoms with E-state index in [4.69, 9.17) is 17.4 Å². The van der Waals surface area contributed by atoms with E-state index < -0.39 is 0 Å². The molecule has 8 nitrogen and oxygen atoms in total. The highest BCUT2D eigenvalue weighted by Gasteiger charge is 2.17. The molecule has 1 saturated heterocycles. The number of halogens is 1. The molecule has 0 saturated carbocycles. The first-order chi connectivity index (χ1) is 12.6. The lowest BCUT2D eigenvalue weighted by Crippen LogP contribution is -2.30. The van der Waals surface area contributed by atoms with Gasteiger partial charge in [-0.2, -0.15) is 14.9 Å². The summed E-state index contributed by atoms with van der Waals surface area (Å²) in [4.78, 5) is 12.6. The highest BCUT2D eigenvalue weighted by molar-refractivity contribution is 6.32. The zero-order chi connectivity index (χ0) is 18.1. The van der Waals surface area contributed by atoms with Crippen LogP contribution in [0.1, 0.15) is 13.3 Å². The maximum absolute atomic E-state index is 6.31. The van der Waals surface area contributed by atoms with Gasteiger partial charge in [0.2, 0.25) is 5.95 Å². The molecule has 1 aliphatic heterocycles. The van der Waals surface area contributed by atoms with Crippen molar-refractivity contribution in [3.63, 3.8) is 0 Å². The number of rotatable bonds is 3. The van der Waals surface area contributed by atoms with Gasteiger partial charge in [-0.3, -0.25) is 0 Å². The van der Waals surface area contributed by atoms with Crippen LogP contribution in [-0.2, 0) is 0 Å². The predicted molar refractivity (Wildman–Crippen MR) is 105 cm³/mol. The first-order valence-corrected chi connectivity index (χ1v) is 8.99. The van der Waals surface area contributed by atoms with E-state index >= 15 is 0 Å². The van der Waals surface area contributed by atoms with Crippen molar-refractivity contribution < 1.29 is 0 Å². The van der Waals surface area contributed by atoms with Gasteiger partial charge in [0.25, 0.3) is 0 Å². The minimum absolute atomic E-state index is 0.477. The first kappa shape index (κ1) is 16.9. The first-order valence-electron chi connectivity index (χ1n) is 8.61. The molecule has 9 heteroatoms. The van der Waals surface area contributed by atoms with Crippen molar-refractivity contribution in [1.82, 2.24) is 25.2 Å². The molecule has 0 amide bonds. The molecule has 1 atom stereocenters. The summed E-state index contributed by atoms with van der Waals surface area (Å²) in [6.07, 6.45) is 4.41. The number of anilines is 3. The van der Waals surface area contributed by atoms with E-state index in [1.54, 1.807) is 12.4 Å². The van der Waals surface area contributed by atoms with E-state index in [9.17, 15) is 0 Å². The van der Waals surface area contributed by atoms with Gasteiger partial charge in [0.05, 0.1) is 17.9 Å². The lowest BCUT2D eigenvalue weighted by molar-refractivity contribution is 0.566. The Kier molecular flexibility index (Phi) is 4.52. The fraction of sp³-hybridized carbons (Fsp3) is 0.353. The second-order valence-corrected chi connectivity index (χ2v) is 6.89. The second-order valence-electron chi connectivity index (χ2n) is 6.49. The molecule has 0 spiro atoms. The van der Waals surface area contributed by atoms with Gasteiger partial charge in [0.1, 0.15) is 5.02 Å². The smallest absolute Gasteiger partial charge is 0.227 e. The van der Waals surface area contributed by atoms with E-state index in [0.29, 0.717) is 22.8 Å². The largest absolute Gasteiger partial charge is 0.339 e. The number of nitrogens with one attached hydrogen (secondary N) is 2. The number of nitrogens with two attached hydrogens (primary N) is 1. The van der Waals surface area contributed by atoms with Gasteiger partial charge in [-0.05, 0) is 31.5 Å². The molecule has 1 fully saturated rings. The molecule has 1 aliphatic rings. The molecule has 3 heterocycles. The molecule has 4 rings (SSSR count). The van der Waals surface area contributed by atoms with Crippen LogP contribution in [0.2, 0.25) is 5.02 Å². The zero-order valence-corrected chi connectivity index (χ0v) is 15.2. The lowest BCUT2D eigenvalue weighted by Gasteiger charge is -2.20. The number of hydrogen-bond donors (Lipinski definition) is 3. The summed E-state index contributed by atoms with van der Waals surface area (Å²) < 4.78 is 0. The summed E-state index contributed by atoms with van der Waals surface area (Å²) in [6, 6.07) is 6.28. The zero-order valence-electron chi connectivity index (χ0n) is 14.5. The Morgan fingerprint density at radius 2 is 2.19 bits per heavy atom. The van der Waals surface area contributed by atoms with Gasteiger partial charge < -0.3 is 21.4 Å². The normalized spacial score (nSPS) is 18.1. The molecule has 136 valence electrons. The van der Waals surface area contributed by atoms with Gasteiger partial charge in [0.15, 0.2) is 5.82 Å². The monoisotopic (exact) mass is 372 g/mol. The Balaban J connectivity index is 1.59. The van der Waals surface area contributed by atoms with Gasteiger partial charge in [0, 0.05) is 36.7 Å². The van der Waals surface area contributed by atoms with Crippen LogP contribution in [0.25, 0.3) is 10.9 Å². The molecule has 4 N–H and O–H groups in total. The Morgan fingerprint density at radius 3 is 3.08 bits per heavy atom. The predicted octanol–water partition coefficient (Wildman–Crippen LogP) is 2.13. The number of fused-ring (bicyclic) bond motifs is 1. The number of nitrogen functional groups attached to an aromatic ring is 1. The second kappa shape index (κ2) is 6.97. The maximum Gasteiger partial charge on any atom is 0.227 e. The van der Waals surface area contributed by atoms with Crippen LogP contribution in [0.15, 0.2) is 30.6 Å². The molecule has 1 aromatic carbocycles. The van der Waals surface area contributed by atoms with Crippen LogP contribution < -0.4 is 21.4 Å². The molecular formula is C17H21ClN8. The van der Waals surface area contributed by atoms with E-state index in [-0.39, 0.29) is 0 Å². The topological polar surface area (TPSA) is 96.9 Å². The van der Waals surface area contributed by atoms with Crippen molar-refractivity contribution in [1.29, 1.82) is 0 Å². The average molecular weight is 373 g/mol. The summed E-state index contributed by atoms with van der Waals surface area (Å²) in [5.74, 6) is 7.03. The fourth-order valence-electron chi connectivity index (χ4n) is 3.07. The minimum Gasteiger partial charge on any atom is -0.339 e. The molecule has 2 aromatic heterocycles. The van der Waals surface area contributed by atoms with Crippen molar-refractivity contribution in [2.24, 2.45) is 0 Å². The van der Waals surface area contributed by atoms with Gasteiger partial charge in [-0.15, -0.1) is 0 Å². The van der Waals surface area contributed by atoms with Crippen LogP contribution in [0.4, 0.5) is 17.5 Å². The summed E-state index contributed by atoms with van der Waals surface area (Å²) in [5, 5.41) is 12.2. The van der Waals surface area contributed by atoms with Gasteiger partial charge in [-0.1, -0.05) is 11.6 Å². The molecule has 26 heavy (non-hydrogen) atoms. The SMILES string of the molecule is CC1CCN(c2ncc(Cl)c(Nc3ccc4c(cnn4N)c3)n2)CCN1. The average Bonchev–Trinajstić information content (AvgIpc) is 2.85. The highest BCUT2D eigenvalue weighted by atomic mass is 35.5. The highest BCUT2D eigenvalue weighted by Crippen LogP contribution is 2.27. The quantitative estimate of drug-likeness (QED) is 0.606. The summed E-state index contributed by atoms with van der Waals surface area (Å²) in [5.41, 5.74) is 1.72. The third kappa shape index (κ3) is 3.38. The number of benzene rings is 1. The lowest BCUT2D eigenvalue weighted by atomic mass is 10.2. The molecule has 0 bridgehead atoms. The third-order valence-corrected chi connectivity index (χ3v) is 4.86. The Labute approximate surface area is 156 Å². The van der Waals surface area contributed by atoms with Crippen molar-refractivity contribution in [3.05, 3.63) is 35.6 Å².